The highest BCUT2D eigenvalue weighted by Gasteiger charge is 2.18. The van der Waals surface area contributed by atoms with Crippen molar-refractivity contribution in [3.05, 3.63) is 18.2 Å². The molecule has 1 rings (SSSR count). The lowest BCUT2D eigenvalue weighted by atomic mass is 9.85. The van der Waals surface area contributed by atoms with Gasteiger partial charge in [-0.25, -0.2) is 4.98 Å². The van der Waals surface area contributed by atoms with Gasteiger partial charge in [0, 0.05) is 18.3 Å². The second-order valence-electron chi connectivity index (χ2n) is 9.35. The van der Waals surface area contributed by atoms with Crippen LogP contribution in [0.15, 0.2) is 12.4 Å². The van der Waals surface area contributed by atoms with E-state index in [1.165, 1.54) is 128 Å². The van der Waals surface area contributed by atoms with Gasteiger partial charge >= 0.3 is 0 Å². The second kappa shape index (κ2) is 19.2. The summed E-state index contributed by atoms with van der Waals surface area (Å²) >= 11 is 0. The molecule has 1 heterocycles. The highest BCUT2D eigenvalue weighted by Crippen LogP contribution is 2.31. The van der Waals surface area contributed by atoms with Crippen LogP contribution in [0.5, 0.6) is 0 Å². The molecule has 0 saturated carbocycles. The quantitative estimate of drug-likeness (QED) is 0.203. The SMILES string of the molecule is CCCCCCCCCCC(CC(CC)CCCCCCCCC)c1ncc[nH]1. The van der Waals surface area contributed by atoms with Crippen LogP contribution in [0.1, 0.15) is 155 Å². The molecule has 0 aliphatic carbocycles. The minimum absolute atomic E-state index is 0.639. The Labute approximate surface area is 183 Å². The summed E-state index contributed by atoms with van der Waals surface area (Å²) in [5.41, 5.74) is 0. The molecule has 29 heavy (non-hydrogen) atoms. The maximum absolute atomic E-state index is 4.64. The fourth-order valence-corrected chi connectivity index (χ4v) is 4.67. The summed E-state index contributed by atoms with van der Waals surface area (Å²) in [7, 11) is 0. The molecule has 1 aromatic heterocycles. The van der Waals surface area contributed by atoms with Crippen molar-refractivity contribution in [3.8, 4) is 0 Å². The molecule has 1 N–H and O–H groups in total. The van der Waals surface area contributed by atoms with E-state index in [1.54, 1.807) is 0 Å². The van der Waals surface area contributed by atoms with Gasteiger partial charge in [-0.2, -0.15) is 0 Å². The first-order valence-electron chi connectivity index (χ1n) is 13.3. The number of hydrogen-bond acceptors (Lipinski definition) is 1. The largest absolute Gasteiger partial charge is 0.348 e. The van der Waals surface area contributed by atoms with Crippen LogP contribution in [0.4, 0.5) is 0 Å². The van der Waals surface area contributed by atoms with Crippen LogP contribution in [0.25, 0.3) is 0 Å². The summed E-state index contributed by atoms with van der Waals surface area (Å²) in [6.45, 7) is 6.99. The van der Waals surface area contributed by atoms with Crippen LogP contribution >= 0.6 is 0 Å². The molecule has 0 amide bonds. The molecule has 2 atom stereocenters. The topological polar surface area (TPSA) is 28.7 Å². The van der Waals surface area contributed by atoms with E-state index >= 15 is 0 Å². The van der Waals surface area contributed by atoms with Crippen molar-refractivity contribution in [2.45, 2.75) is 149 Å². The molecule has 0 aliphatic heterocycles. The van der Waals surface area contributed by atoms with E-state index in [2.05, 4.69) is 30.7 Å². The van der Waals surface area contributed by atoms with Crippen molar-refractivity contribution < 1.29 is 0 Å². The molecule has 2 unspecified atom stereocenters. The van der Waals surface area contributed by atoms with Crippen molar-refractivity contribution in [3.63, 3.8) is 0 Å². The van der Waals surface area contributed by atoms with Crippen molar-refractivity contribution in [2.75, 3.05) is 0 Å². The Morgan fingerprint density at radius 1 is 0.690 bits per heavy atom. The summed E-state index contributed by atoms with van der Waals surface area (Å²) in [5, 5.41) is 0. The average Bonchev–Trinajstić information content (AvgIpc) is 3.27. The molecular weight excluding hydrogens is 352 g/mol. The standard InChI is InChI=1S/C27H52N2/c1-4-7-9-11-13-15-17-19-21-26(27-28-22-23-29-27)24-25(6-3)20-18-16-14-12-10-8-5-2/h22-23,25-26H,4-21,24H2,1-3H3,(H,28,29). The Morgan fingerprint density at radius 2 is 1.21 bits per heavy atom. The van der Waals surface area contributed by atoms with Gasteiger partial charge in [-0.3, -0.25) is 0 Å². The maximum atomic E-state index is 4.64. The van der Waals surface area contributed by atoms with Gasteiger partial charge in [0.05, 0.1) is 0 Å². The lowest BCUT2D eigenvalue weighted by Crippen LogP contribution is -2.09. The Bertz CT molecular complexity index is 426. The van der Waals surface area contributed by atoms with E-state index in [4.69, 9.17) is 0 Å². The highest BCUT2D eigenvalue weighted by molar-refractivity contribution is 4.97. The zero-order valence-corrected chi connectivity index (χ0v) is 20.2. The van der Waals surface area contributed by atoms with Gasteiger partial charge in [0.2, 0.25) is 0 Å². The molecule has 0 radical (unpaired) electrons. The van der Waals surface area contributed by atoms with Gasteiger partial charge in [0.15, 0.2) is 0 Å². The van der Waals surface area contributed by atoms with Crippen LogP contribution in [-0.2, 0) is 0 Å². The molecule has 0 aromatic carbocycles. The number of imidazole rings is 1. The molecule has 170 valence electrons. The first kappa shape index (κ1) is 26.2. The van der Waals surface area contributed by atoms with Crippen molar-refractivity contribution in [1.82, 2.24) is 9.97 Å². The molecular formula is C27H52N2. The van der Waals surface area contributed by atoms with E-state index in [-0.39, 0.29) is 0 Å². The van der Waals surface area contributed by atoms with Crippen LogP contribution in [0.3, 0.4) is 0 Å². The van der Waals surface area contributed by atoms with Crippen LogP contribution < -0.4 is 0 Å². The van der Waals surface area contributed by atoms with Crippen molar-refractivity contribution in [2.24, 2.45) is 5.92 Å². The molecule has 1 aromatic rings. The fraction of sp³-hybridized carbons (Fsp3) is 0.889. The average molecular weight is 405 g/mol. The minimum atomic E-state index is 0.639. The van der Waals surface area contributed by atoms with Gasteiger partial charge in [0.1, 0.15) is 5.82 Å². The number of nitrogens with one attached hydrogen (secondary N) is 1. The smallest absolute Gasteiger partial charge is 0.109 e. The molecule has 0 aliphatic rings. The van der Waals surface area contributed by atoms with E-state index in [0.29, 0.717) is 5.92 Å². The van der Waals surface area contributed by atoms with Gasteiger partial charge in [0.25, 0.3) is 0 Å². The van der Waals surface area contributed by atoms with Crippen molar-refractivity contribution in [1.29, 1.82) is 0 Å². The minimum Gasteiger partial charge on any atom is -0.348 e. The highest BCUT2D eigenvalue weighted by atomic mass is 14.9. The number of nitrogens with zero attached hydrogens (tertiary/aromatic N) is 1. The third-order valence-electron chi connectivity index (χ3n) is 6.72. The van der Waals surface area contributed by atoms with E-state index in [0.717, 1.165) is 5.92 Å². The predicted molar refractivity (Wildman–Crippen MR) is 130 cm³/mol. The van der Waals surface area contributed by atoms with Crippen molar-refractivity contribution >= 4 is 0 Å². The van der Waals surface area contributed by atoms with Crippen LogP contribution in [0, 0.1) is 5.92 Å². The fourth-order valence-electron chi connectivity index (χ4n) is 4.67. The Morgan fingerprint density at radius 3 is 1.69 bits per heavy atom. The second-order valence-corrected chi connectivity index (χ2v) is 9.35. The Balaban J connectivity index is 2.26. The van der Waals surface area contributed by atoms with E-state index < -0.39 is 0 Å². The number of aromatic amines is 1. The predicted octanol–water partition coefficient (Wildman–Crippen LogP) is 9.58. The van der Waals surface area contributed by atoms with Crippen LogP contribution in [-0.4, -0.2) is 9.97 Å². The van der Waals surface area contributed by atoms with E-state index in [1.807, 2.05) is 12.4 Å². The van der Waals surface area contributed by atoms with Gasteiger partial charge in [-0.1, -0.05) is 130 Å². The summed E-state index contributed by atoms with van der Waals surface area (Å²) < 4.78 is 0. The molecule has 0 spiro atoms. The zero-order chi connectivity index (χ0) is 21.0. The van der Waals surface area contributed by atoms with Gasteiger partial charge < -0.3 is 4.98 Å². The first-order chi connectivity index (χ1) is 14.3. The van der Waals surface area contributed by atoms with Gasteiger partial charge in [-0.15, -0.1) is 0 Å². The Hall–Kier alpha value is -0.790. The molecule has 2 heteroatoms. The molecule has 0 fully saturated rings. The van der Waals surface area contributed by atoms with Gasteiger partial charge in [-0.05, 0) is 18.8 Å². The Kier molecular flexibility index (Phi) is 17.4. The molecule has 2 nitrogen and oxygen atoms in total. The monoisotopic (exact) mass is 404 g/mol. The normalized spacial score (nSPS) is 13.6. The zero-order valence-electron chi connectivity index (χ0n) is 20.2. The number of hydrogen-bond donors (Lipinski definition) is 1. The lowest BCUT2D eigenvalue weighted by molar-refractivity contribution is 0.358. The number of unbranched alkanes of at least 4 members (excludes halogenated alkanes) is 13. The lowest BCUT2D eigenvalue weighted by Gasteiger charge is -2.22. The molecule has 0 saturated heterocycles. The summed E-state index contributed by atoms with van der Waals surface area (Å²) in [5.74, 6) is 2.75. The summed E-state index contributed by atoms with van der Waals surface area (Å²) in [6, 6.07) is 0. The summed E-state index contributed by atoms with van der Waals surface area (Å²) in [4.78, 5) is 8.06. The number of H-pyrrole nitrogens is 1. The molecule has 0 bridgehead atoms. The first-order valence-corrected chi connectivity index (χ1v) is 13.3. The number of aromatic nitrogens is 2. The third kappa shape index (κ3) is 13.9. The summed E-state index contributed by atoms with van der Waals surface area (Å²) in [6.07, 6.45) is 30.5. The van der Waals surface area contributed by atoms with Crippen LogP contribution in [0.2, 0.25) is 0 Å². The number of rotatable bonds is 21. The van der Waals surface area contributed by atoms with E-state index in [9.17, 15) is 0 Å². The third-order valence-corrected chi connectivity index (χ3v) is 6.72. The maximum Gasteiger partial charge on any atom is 0.109 e.